The zero-order valence-corrected chi connectivity index (χ0v) is 25.2. The molecule has 12 heteroatoms. The van der Waals surface area contributed by atoms with E-state index in [2.05, 4.69) is 10.6 Å². The van der Waals surface area contributed by atoms with Gasteiger partial charge >= 0.3 is 0 Å². The van der Waals surface area contributed by atoms with Crippen LogP contribution in [0.15, 0.2) is 24.0 Å². The van der Waals surface area contributed by atoms with E-state index < -0.39 is 54.9 Å². The number of carbonyl (C=O) groups excluding carboxylic acids is 4. The molecule has 2 aliphatic rings. The largest absolute Gasteiger partial charge is 0.500 e. The molecule has 1 saturated heterocycles. The number of likely N-dealkylation sites (tertiary alicyclic amines) is 1. The van der Waals surface area contributed by atoms with Crippen LogP contribution < -0.4 is 10.6 Å². The minimum atomic E-state index is -3.75. The molecule has 39 heavy (non-hydrogen) atoms. The second-order valence-corrected chi connectivity index (χ2v) is 13.4. The van der Waals surface area contributed by atoms with Crippen LogP contribution in [0.4, 0.5) is 0 Å². The van der Waals surface area contributed by atoms with E-state index in [1.54, 1.807) is 19.1 Å². The molecule has 0 radical (unpaired) electrons. The number of fused-ring (bicyclic) bond motifs is 1. The second kappa shape index (κ2) is 13.7. The van der Waals surface area contributed by atoms with Gasteiger partial charge in [-0.05, 0) is 43.8 Å². The molecule has 0 spiro atoms. The molecule has 1 fully saturated rings. The minimum absolute atomic E-state index is 0.0553. The molecule has 11 nitrogen and oxygen atoms in total. The van der Waals surface area contributed by atoms with Gasteiger partial charge in [-0.1, -0.05) is 33.8 Å². The Bertz CT molecular complexity index is 1040. The number of carbonyl (C=O) groups is 4. The summed E-state index contributed by atoms with van der Waals surface area (Å²) in [6.45, 7) is 9.48. The molecule has 0 saturated carbocycles. The van der Waals surface area contributed by atoms with Gasteiger partial charge in [-0.25, -0.2) is 0 Å². The van der Waals surface area contributed by atoms with Crippen LogP contribution in [0, 0.1) is 23.7 Å². The van der Waals surface area contributed by atoms with E-state index in [1.165, 1.54) is 27.3 Å². The second-order valence-electron chi connectivity index (χ2n) is 10.8. The van der Waals surface area contributed by atoms with Gasteiger partial charge in [0.15, 0.2) is 5.60 Å². The first-order valence-electron chi connectivity index (χ1n) is 13.4. The first-order chi connectivity index (χ1) is 18.3. The van der Waals surface area contributed by atoms with Crippen LogP contribution in [0.5, 0.6) is 0 Å². The first kappa shape index (κ1) is 32.7. The Morgan fingerprint density at radius 1 is 1.10 bits per heavy atom. The quantitative estimate of drug-likeness (QED) is 0.227. The molecule has 220 valence electrons. The highest BCUT2D eigenvalue weighted by Crippen LogP contribution is 2.53. The predicted octanol–water partition coefficient (Wildman–Crippen LogP) is 2.67. The SMILES string of the molecule is CCOP(=O)(CC(CC(C)C)C(=O)N[C@@H](CC(C)C)C(=O)NC)CN1C(=O)C2C(OC)=CC=CC2(OC)C1=O. The third-order valence-electron chi connectivity index (χ3n) is 6.92. The molecule has 0 aromatic carbocycles. The van der Waals surface area contributed by atoms with Crippen LogP contribution in [0.1, 0.15) is 47.5 Å². The molecule has 0 bridgehead atoms. The van der Waals surface area contributed by atoms with Crippen molar-refractivity contribution < 1.29 is 37.7 Å². The lowest BCUT2D eigenvalue weighted by atomic mass is 9.84. The number of nitrogens with one attached hydrogen (secondary N) is 2. The number of likely N-dealkylation sites (N-methyl/N-ethyl adjacent to an activating group) is 1. The molecule has 4 unspecified atom stereocenters. The van der Waals surface area contributed by atoms with Crippen LogP contribution in [0.25, 0.3) is 0 Å². The van der Waals surface area contributed by atoms with Gasteiger partial charge in [0, 0.05) is 26.2 Å². The van der Waals surface area contributed by atoms with Gasteiger partial charge in [0.1, 0.15) is 24.0 Å². The van der Waals surface area contributed by atoms with Crippen LogP contribution in [-0.2, 0) is 37.7 Å². The van der Waals surface area contributed by atoms with Crippen LogP contribution in [-0.4, -0.2) is 80.5 Å². The van der Waals surface area contributed by atoms with Crippen molar-refractivity contribution in [1.82, 2.24) is 15.5 Å². The number of hydrogen-bond donors (Lipinski definition) is 2. The van der Waals surface area contributed by atoms with Crippen molar-refractivity contribution in [2.24, 2.45) is 23.7 Å². The normalized spacial score (nSPS) is 23.8. The van der Waals surface area contributed by atoms with Crippen LogP contribution >= 0.6 is 7.37 Å². The van der Waals surface area contributed by atoms with Crippen molar-refractivity contribution in [2.75, 3.05) is 40.3 Å². The van der Waals surface area contributed by atoms with E-state index in [0.717, 1.165) is 4.90 Å². The predicted molar refractivity (Wildman–Crippen MR) is 147 cm³/mol. The number of methoxy groups -OCH3 is 2. The third kappa shape index (κ3) is 7.38. The monoisotopic (exact) mass is 569 g/mol. The molecule has 0 aromatic heterocycles. The average molecular weight is 570 g/mol. The molecule has 2 rings (SSSR count). The summed E-state index contributed by atoms with van der Waals surface area (Å²) in [4.78, 5) is 53.8. The van der Waals surface area contributed by atoms with Crippen molar-refractivity contribution >= 4 is 31.0 Å². The summed E-state index contributed by atoms with van der Waals surface area (Å²) in [7, 11) is 0.484. The Morgan fingerprint density at radius 3 is 2.26 bits per heavy atom. The van der Waals surface area contributed by atoms with E-state index in [9.17, 15) is 23.7 Å². The fourth-order valence-corrected chi connectivity index (χ4v) is 7.65. The fourth-order valence-electron chi connectivity index (χ4n) is 5.19. The molecule has 1 aliphatic carbocycles. The molecule has 4 amide bonds. The molecule has 2 N–H and O–H groups in total. The number of allylic oxidation sites excluding steroid dienone is 2. The van der Waals surface area contributed by atoms with Crippen LogP contribution in [0.3, 0.4) is 0 Å². The summed E-state index contributed by atoms with van der Waals surface area (Å²) in [5, 5.41) is 5.40. The summed E-state index contributed by atoms with van der Waals surface area (Å²) in [5.41, 5.74) is -1.61. The van der Waals surface area contributed by atoms with Crippen molar-refractivity contribution in [3.8, 4) is 0 Å². The van der Waals surface area contributed by atoms with Gasteiger partial charge < -0.3 is 24.6 Å². The Kier molecular flexibility index (Phi) is 11.5. The van der Waals surface area contributed by atoms with Crippen molar-refractivity contribution in [3.05, 3.63) is 24.0 Å². The summed E-state index contributed by atoms with van der Waals surface area (Å²) < 4.78 is 30.8. The summed E-state index contributed by atoms with van der Waals surface area (Å²) in [5.74, 6) is -3.38. The van der Waals surface area contributed by atoms with E-state index in [0.29, 0.717) is 12.8 Å². The molecule has 1 aliphatic heterocycles. The summed E-state index contributed by atoms with van der Waals surface area (Å²) in [6.07, 6.45) is 4.77. The number of amides is 4. The Hall–Kier alpha value is -2.49. The standard InChI is InChI=1S/C27H44N3O8P/c1-9-38-39(35,15-19(13-17(2)3)23(31)29-20(14-18(4)5)24(32)28-6)16-30-25(33)22-21(36-7)11-10-12-27(22,37-8)26(30)34/h10-12,17-20,22H,9,13-16H2,1-8H3,(H,28,32)(H,29,31)/t19?,20-,22?,27?,39?/m0/s1. The fraction of sp³-hybridized carbons (Fsp3) is 0.704. The third-order valence-corrected chi connectivity index (χ3v) is 9.36. The van der Waals surface area contributed by atoms with E-state index >= 15 is 0 Å². The average Bonchev–Trinajstić information content (AvgIpc) is 3.08. The highest BCUT2D eigenvalue weighted by atomic mass is 31.2. The van der Waals surface area contributed by atoms with Gasteiger partial charge in [0.2, 0.25) is 25.1 Å². The maximum Gasteiger partial charge on any atom is 0.267 e. The smallest absolute Gasteiger partial charge is 0.267 e. The number of nitrogens with zero attached hydrogens (tertiary/aromatic N) is 1. The Balaban J connectivity index is 2.37. The van der Waals surface area contributed by atoms with Crippen LogP contribution in [0.2, 0.25) is 0 Å². The highest BCUT2D eigenvalue weighted by Gasteiger charge is 2.62. The maximum atomic E-state index is 14.2. The number of ether oxygens (including phenoxy) is 2. The van der Waals surface area contributed by atoms with Crippen molar-refractivity contribution in [3.63, 3.8) is 0 Å². The van der Waals surface area contributed by atoms with E-state index in [-0.39, 0.29) is 36.3 Å². The van der Waals surface area contributed by atoms with Gasteiger partial charge in [0.05, 0.1) is 13.7 Å². The summed E-state index contributed by atoms with van der Waals surface area (Å²) in [6, 6.07) is -0.749. The van der Waals surface area contributed by atoms with Gasteiger partial charge in [-0.2, -0.15) is 0 Å². The maximum absolute atomic E-state index is 14.2. The van der Waals surface area contributed by atoms with Crippen molar-refractivity contribution in [1.29, 1.82) is 0 Å². The number of imide groups is 1. The Labute approximate surface area is 231 Å². The first-order valence-corrected chi connectivity index (χ1v) is 15.4. The van der Waals surface area contributed by atoms with E-state index in [1.807, 2.05) is 27.7 Å². The zero-order chi connectivity index (χ0) is 29.5. The Morgan fingerprint density at radius 2 is 1.74 bits per heavy atom. The molecule has 0 aromatic rings. The zero-order valence-electron chi connectivity index (χ0n) is 24.3. The number of hydrogen-bond acceptors (Lipinski definition) is 8. The molecule has 5 atom stereocenters. The van der Waals surface area contributed by atoms with Gasteiger partial charge in [0.25, 0.3) is 5.91 Å². The number of rotatable bonds is 15. The lowest BCUT2D eigenvalue weighted by molar-refractivity contribution is -0.144. The molecular formula is C27H44N3O8P. The van der Waals surface area contributed by atoms with E-state index in [4.69, 9.17) is 14.0 Å². The van der Waals surface area contributed by atoms with Crippen molar-refractivity contribution in [2.45, 2.75) is 59.1 Å². The highest BCUT2D eigenvalue weighted by molar-refractivity contribution is 7.59. The van der Waals surface area contributed by atoms with Gasteiger partial charge in [-0.3, -0.25) is 28.6 Å². The lowest BCUT2D eigenvalue weighted by Gasteiger charge is -2.30. The van der Waals surface area contributed by atoms with Gasteiger partial charge in [-0.15, -0.1) is 0 Å². The topological polar surface area (TPSA) is 140 Å². The minimum Gasteiger partial charge on any atom is -0.500 e. The molecular weight excluding hydrogens is 525 g/mol. The summed E-state index contributed by atoms with van der Waals surface area (Å²) >= 11 is 0. The lowest BCUT2D eigenvalue weighted by Crippen LogP contribution is -2.49. The molecule has 1 heterocycles.